The molecule has 136 valence electrons. The van der Waals surface area contributed by atoms with E-state index in [1.54, 1.807) is 0 Å². The predicted molar refractivity (Wildman–Crippen MR) is 116 cm³/mol. The van der Waals surface area contributed by atoms with Crippen LogP contribution >= 0.6 is 11.3 Å². The van der Waals surface area contributed by atoms with E-state index in [0.717, 1.165) is 27.4 Å². The number of nitrogens with zero attached hydrogens (tertiary/aromatic N) is 1. The maximum atomic E-state index is 12.6. The molecule has 0 aliphatic heterocycles. The Morgan fingerprint density at radius 2 is 1.75 bits per heavy atom. The lowest BCUT2D eigenvalue weighted by Gasteiger charge is -2.05. The number of benzene rings is 3. The Morgan fingerprint density at radius 1 is 0.893 bits per heavy atom. The molecule has 0 aliphatic rings. The summed E-state index contributed by atoms with van der Waals surface area (Å²) in [6, 6.07) is 20.1. The van der Waals surface area contributed by atoms with Crippen LogP contribution in [0.2, 0.25) is 0 Å². The van der Waals surface area contributed by atoms with Crippen LogP contribution in [-0.2, 0) is 0 Å². The van der Waals surface area contributed by atoms with Crippen LogP contribution < -0.4 is 5.63 Å². The van der Waals surface area contributed by atoms with Gasteiger partial charge in [0.25, 0.3) is 0 Å². The third-order valence-corrected chi connectivity index (χ3v) is 5.91. The highest BCUT2D eigenvalue weighted by atomic mass is 32.1. The normalized spacial score (nSPS) is 11.4. The third-order valence-electron chi connectivity index (χ3n) is 5.03. The second-order valence-corrected chi connectivity index (χ2v) is 7.86. The highest BCUT2D eigenvalue weighted by molar-refractivity contribution is 7.13. The van der Waals surface area contributed by atoms with Crippen molar-refractivity contribution in [3.63, 3.8) is 0 Å². The standard InChI is InChI=1S/C24H17NO2S/c1-14-7-9-17(15(2)11-14)21-13-28-23(25-21)20-12-19-18-6-4-3-5-16(18)8-10-22(19)27-24(20)26/h3-13H,1-2H3. The number of hydrogen-bond acceptors (Lipinski definition) is 4. The number of hydrogen-bond donors (Lipinski definition) is 0. The summed E-state index contributed by atoms with van der Waals surface area (Å²) < 4.78 is 5.62. The summed E-state index contributed by atoms with van der Waals surface area (Å²) in [5.41, 5.74) is 5.11. The second kappa shape index (κ2) is 6.43. The largest absolute Gasteiger partial charge is 0.422 e. The van der Waals surface area contributed by atoms with Crippen LogP contribution in [0.1, 0.15) is 11.1 Å². The van der Waals surface area contributed by atoms with E-state index >= 15 is 0 Å². The summed E-state index contributed by atoms with van der Waals surface area (Å²) >= 11 is 1.47. The fourth-order valence-corrected chi connectivity index (χ4v) is 4.47. The molecule has 4 heteroatoms. The Labute approximate surface area is 165 Å². The first-order valence-corrected chi connectivity index (χ1v) is 9.97. The molecule has 5 aromatic rings. The molecular formula is C24H17NO2S. The lowest BCUT2D eigenvalue weighted by Crippen LogP contribution is -2.02. The Morgan fingerprint density at radius 3 is 2.61 bits per heavy atom. The average Bonchev–Trinajstić information content (AvgIpc) is 3.17. The van der Waals surface area contributed by atoms with E-state index in [0.29, 0.717) is 16.2 Å². The zero-order chi connectivity index (χ0) is 19.3. The molecule has 0 unspecified atom stereocenters. The van der Waals surface area contributed by atoms with Gasteiger partial charge in [-0.1, -0.05) is 54.1 Å². The Bertz CT molecular complexity index is 1410. The zero-order valence-corrected chi connectivity index (χ0v) is 16.3. The number of aryl methyl sites for hydroxylation is 2. The minimum Gasteiger partial charge on any atom is -0.422 e. The van der Waals surface area contributed by atoms with E-state index in [2.05, 4.69) is 38.1 Å². The molecule has 0 aliphatic carbocycles. The summed E-state index contributed by atoms with van der Waals surface area (Å²) in [4.78, 5) is 17.4. The fraction of sp³-hybridized carbons (Fsp3) is 0.0833. The lowest BCUT2D eigenvalue weighted by molar-refractivity contribution is 0.564. The van der Waals surface area contributed by atoms with Gasteiger partial charge in [0.05, 0.1) is 11.3 Å². The van der Waals surface area contributed by atoms with E-state index in [-0.39, 0.29) is 5.63 Å². The van der Waals surface area contributed by atoms with Gasteiger partial charge in [0.15, 0.2) is 0 Å². The molecule has 2 aromatic heterocycles. The topological polar surface area (TPSA) is 43.1 Å². The van der Waals surface area contributed by atoms with E-state index < -0.39 is 0 Å². The highest BCUT2D eigenvalue weighted by Crippen LogP contribution is 2.32. The fourth-order valence-electron chi connectivity index (χ4n) is 3.64. The number of rotatable bonds is 2. The van der Waals surface area contributed by atoms with Crippen molar-refractivity contribution in [2.75, 3.05) is 0 Å². The minimum absolute atomic E-state index is 0.357. The average molecular weight is 383 g/mol. The number of aromatic nitrogens is 1. The molecule has 0 amide bonds. The first-order valence-electron chi connectivity index (χ1n) is 9.09. The Hall–Kier alpha value is -3.24. The number of fused-ring (bicyclic) bond motifs is 3. The molecule has 0 saturated carbocycles. The van der Waals surface area contributed by atoms with E-state index in [4.69, 9.17) is 9.40 Å². The zero-order valence-electron chi connectivity index (χ0n) is 15.5. The number of thiazole rings is 1. The van der Waals surface area contributed by atoms with Gasteiger partial charge in [0.2, 0.25) is 0 Å². The van der Waals surface area contributed by atoms with Crippen molar-refractivity contribution < 1.29 is 4.42 Å². The molecule has 28 heavy (non-hydrogen) atoms. The van der Waals surface area contributed by atoms with Crippen molar-refractivity contribution in [1.29, 1.82) is 0 Å². The first kappa shape index (κ1) is 16.9. The Kier molecular flexibility index (Phi) is 3.88. The van der Waals surface area contributed by atoms with Crippen LogP contribution in [0.5, 0.6) is 0 Å². The van der Waals surface area contributed by atoms with E-state index in [1.165, 1.54) is 22.5 Å². The highest BCUT2D eigenvalue weighted by Gasteiger charge is 2.15. The molecular weight excluding hydrogens is 366 g/mol. The molecule has 2 heterocycles. The van der Waals surface area contributed by atoms with Gasteiger partial charge in [-0.15, -0.1) is 11.3 Å². The molecule has 0 bridgehead atoms. The molecule has 3 aromatic carbocycles. The van der Waals surface area contributed by atoms with Gasteiger partial charge >= 0.3 is 5.63 Å². The van der Waals surface area contributed by atoms with Crippen molar-refractivity contribution in [3.05, 3.63) is 87.6 Å². The maximum Gasteiger partial charge on any atom is 0.346 e. The predicted octanol–water partition coefficient (Wildman–Crippen LogP) is 6.35. The van der Waals surface area contributed by atoms with Crippen molar-refractivity contribution in [3.8, 4) is 21.8 Å². The lowest BCUT2D eigenvalue weighted by atomic mass is 10.0. The van der Waals surface area contributed by atoms with Gasteiger partial charge in [-0.05, 0) is 42.3 Å². The van der Waals surface area contributed by atoms with E-state index in [9.17, 15) is 4.79 Å². The van der Waals surface area contributed by atoms with Crippen LogP contribution in [0.25, 0.3) is 43.6 Å². The SMILES string of the molecule is Cc1ccc(-c2csc(-c3cc4c(ccc5ccccc54)oc3=O)n2)c(C)c1. The van der Waals surface area contributed by atoms with Gasteiger partial charge in [0.1, 0.15) is 10.6 Å². The van der Waals surface area contributed by atoms with Crippen LogP contribution in [0.4, 0.5) is 0 Å². The van der Waals surface area contributed by atoms with Crippen LogP contribution in [0, 0.1) is 13.8 Å². The van der Waals surface area contributed by atoms with Gasteiger partial charge in [-0.3, -0.25) is 0 Å². The van der Waals surface area contributed by atoms with Gasteiger partial charge < -0.3 is 4.42 Å². The Balaban J connectivity index is 1.69. The summed E-state index contributed by atoms with van der Waals surface area (Å²) in [7, 11) is 0. The first-order chi connectivity index (χ1) is 13.6. The van der Waals surface area contributed by atoms with Gasteiger partial charge in [0, 0.05) is 16.3 Å². The summed E-state index contributed by atoms with van der Waals surface area (Å²) in [6.45, 7) is 4.16. The molecule has 3 nitrogen and oxygen atoms in total. The second-order valence-electron chi connectivity index (χ2n) is 7.00. The van der Waals surface area contributed by atoms with Crippen molar-refractivity contribution in [2.24, 2.45) is 0 Å². The molecule has 0 atom stereocenters. The van der Waals surface area contributed by atoms with Gasteiger partial charge in [-0.2, -0.15) is 0 Å². The molecule has 0 fully saturated rings. The van der Waals surface area contributed by atoms with Crippen LogP contribution in [0.15, 0.2) is 75.3 Å². The van der Waals surface area contributed by atoms with Crippen molar-refractivity contribution in [1.82, 2.24) is 4.98 Å². The molecule has 0 radical (unpaired) electrons. The molecule has 5 rings (SSSR count). The molecule has 0 N–H and O–H groups in total. The van der Waals surface area contributed by atoms with Crippen molar-refractivity contribution in [2.45, 2.75) is 13.8 Å². The van der Waals surface area contributed by atoms with Crippen LogP contribution in [0.3, 0.4) is 0 Å². The summed E-state index contributed by atoms with van der Waals surface area (Å²) in [6.07, 6.45) is 0. The van der Waals surface area contributed by atoms with Crippen molar-refractivity contribution >= 4 is 33.1 Å². The third kappa shape index (κ3) is 2.74. The summed E-state index contributed by atoms with van der Waals surface area (Å²) in [5.74, 6) is 0. The monoisotopic (exact) mass is 383 g/mol. The minimum atomic E-state index is -0.357. The molecule has 0 saturated heterocycles. The van der Waals surface area contributed by atoms with E-state index in [1.807, 2.05) is 41.8 Å². The van der Waals surface area contributed by atoms with Crippen LogP contribution in [-0.4, -0.2) is 4.98 Å². The smallest absolute Gasteiger partial charge is 0.346 e. The quantitative estimate of drug-likeness (QED) is 0.263. The molecule has 0 spiro atoms. The van der Waals surface area contributed by atoms with Gasteiger partial charge in [-0.25, -0.2) is 9.78 Å². The summed E-state index contributed by atoms with van der Waals surface area (Å²) in [5, 5.41) is 5.79. The maximum absolute atomic E-state index is 12.6.